The van der Waals surface area contributed by atoms with Crippen molar-refractivity contribution >= 4 is 20.4 Å². The number of hydrogen-bond acceptors (Lipinski definition) is 3. The molecule has 1 aliphatic carbocycles. The van der Waals surface area contributed by atoms with Crippen molar-refractivity contribution in [2.45, 2.75) is 57.3 Å². The molecule has 1 aliphatic rings. The van der Waals surface area contributed by atoms with Crippen LogP contribution in [0.1, 0.15) is 43.9 Å². The molecule has 3 nitrogen and oxygen atoms in total. The largest absolute Gasteiger partial charge is 0.468 e. The molecule has 160 valence electrons. The summed E-state index contributed by atoms with van der Waals surface area (Å²) in [5, 5.41) is 0.0260. The van der Waals surface area contributed by atoms with Crippen LogP contribution in [0.5, 0.6) is 0 Å². The monoisotopic (exact) mass is 422 g/mol. The minimum absolute atomic E-state index is 0.0260. The average Bonchev–Trinajstić information content (AvgIpc) is 3.35. The van der Waals surface area contributed by atoms with Gasteiger partial charge in [0.15, 0.2) is 8.32 Å². The lowest BCUT2D eigenvalue weighted by atomic mass is 9.87. The van der Waals surface area contributed by atoms with E-state index in [9.17, 15) is 4.79 Å². The van der Waals surface area contributed by atoms with Gasteiger partial charge in [0.2, 0.25) is 0 Å². The van der Waals surface area contributed by atoms with Gasteiger partial charge in [0.25, 0.3) is 0 Å². The van der Waals surface area contributed by atoms with Crippen LogP contribution in [0.2, 0.25) is 18.1 Å². The van der Waals surface area contributed by atoms with Crippen molar-refractivity contribution in [1.29, 1.82) is 0 Å². The number of benzene rings is 2. The molecule has 4 heteroatoms. The molecule has 0 aliphatic heterocycles. The van der Waals surface area contributed by atoms with Crippen LogP contribution in [-0.4, -0.2) is 21.4 Å². The normalized spacial score (nSPS) is 23.7. The smallest absolute Gasteiger partial charge is 0.315 e. The van der Waals surface area contributed by atoms with Gasteiger partial charge in [-0.1, -0.05) is 88.0 Å². The predicted octanol–water partition coefficient (Wildman–Crippen LogP) is 6.35. The topological polar surface area (TPSA) is 35.5 Å². The lowest BCUT2D eigenvalue weighted by Crippen LogP contribution is -2.47. The Bertz CT molecular complexity index is 929. The number of rotatable bonds is 7. The first kappa shape index (κ1) is 22.5. The summed E-state index contributed by atoms with van der Waals surface area (Å²) in [7, 11) is -0.699. The van der Waals surface area contributed by atoms with Crippen LogP contribution >= 0.6 is 0 Å². The van der Waals surface area contributed by atoms with E-state index in [1.807, 2.05) is 42.5 Å². The quantitative estimate of drug-likeness (QED) is 0.385. The van der Waals surface area contributed by atoms with Crippen LogP contribution in [-0.2, 0) is 26.0 Å². The van der Waals surface area contributed by atoms with E-state index in [2.05, 4.69) is 58.6 Å². The number of ether oxygens (including phenoxy) is 1. The molecule has 0 unspecified atom stereocenters. The van der Waals surface area contributed by atoms with Crippen molar-refractivity contribution in [3.05, 3.63) is 77.9 Å². The van der Waals surface area contributed by atoms with Crippen molar-refractivity contribution in [3.63, 3.8) is 0 Å². The number of carbonyl (C=O) groups excluding carboxylic acids is 1. The van der Waals surface area contributed by atoms with Crippen molar-refractivity contribution in [3.8, 4) is 0 Å². The first-order valence-electron chi connectivity index (χ1n) is 10.6. The van der Waals surface area contributed by atoms with Gasteiger partial charge in [0.05, 0.1) is 12.7 Å². The van der Waals surface area contributed by atoms with Crippen LogP contribution < -0.4 is 0 Å². The Morgan fingerprint density at radius 2 is 1.70 bits per heavy atom. The Kier molecular flexibility index (Phi) is 5.87. The van der Waals surface area contributed by atoms with Crippen molar-refractivity contribution < 1.29 is 14.0 Å². The van der Waals surface area contributed by atoms with Gasteiger partial charge in [-0.15, -0.1) is 0 Å². The Morgan fingerprint density at radius 1 is 1.10 bits per heavy atom. The maximum absolute atomic E-state index is 13.3. The SMILES string of the molecule is C=Cc1ccccc1C[C@]1(C(=O)OC)C[C@@]1(O[Si](C)(C)C(C)(C)C)c1ccccc1. The van der Waals surface area contributed by atoms with Crippen molar-refractivity contribution in [2.24, 2.45) is 5.41 Å². The molecule has 0 aromatic heterocycles. The van der Waals surface area contributed by atoms with Gasteiger partial charge in [-0.2, -0.15) is 0 Å². The molecule has 2 aromatic rings. The molecular weight excluding hydrogens is 388 g/mol. The third-order valence-corrected chi connectivity index (χ3v) is 11.5. The van der Waals surface area contributed by atoms with Gasteiger partial charge in [-0.3, -0.25) is 4.79 Å². The van der Waals surface area contributed by atoms with Crippen molar-refractivity contribution in [1.82, 2.24) is 0 Å². The van der Waals surface area contributed by atoms with E-state index in [1.54, 1.807) is 0 Å². The molecule has 2 aromatic carbocycles. The van der Waals surface area contributed by atoms with E-state index in [1.165, 1.54) is 7.11 Å². The highest BCUT2D eigenvalue weighted by Crippen LogP contribution is 2.69. The maximum Gasteiger partial charge on any atom is 0.315 e. The highest BCUT2D eigenvalue weighted by molar-refractivity contribution is 6.74. The summed E-state index contributed by atoms with van der Waals surface area (Å²) >= 11 is 0. The molecule has 1 fully saturated rings. The van der Waals surface area contributed by atoms with Gasteiger partial charge in [-0.05, 0) is 41.2 Å². The highest BCUT2D eigenvalue weighted by Gasteiger charge is 2.76. The Hall–Kier alpha value is -2.17. The second-order valence-electron chi connectivity index (χ2n) is 9.89. The Balaban J connectivity index is 2.15. The Labute approximate surface area is 182 Å². The van der Waals surface area contributed by atoms with E-state index in [4.69, 9.17) is 9.16 Å². The third-order valence-electron chi connectivity index (χ3n) is 7.02. The van der Waals surface area contributed by atoms with Gasteiger partial charge in [-0.25, -0.2) is 0 Å². The van der Waals surface area contributed by atoms with Crippen LogP contribution in [0.4, 0.5) is 0 Å². The first-order valence-corrected chi connectivity index (χ1v) is 13.5. The minimum atomic E-state index is -2.18. The summed E-state index contributed by atoms with van der Waals surface area (Å²) in [5.41, 5.74) is 1.75. The molecule has 0 amide bonds. The second-order valence-corrected chi connectivity index (χ2v) is 14.6. The highest BCUT2D eigenvalue weighted by atomic mass is 28.4. The molecular formula is C26H34O3Si. The Morgan fingerprint density at radius 3 is 2.27 bits per heavy atom. The zero-order chi connectivity index (χ0) is 22.2. The second kappa shape index (κ2) is 7.82. The fourth-order valence-corrected chi connectivity index (χ4v) is 5.74. The molecule has 2 atom stereocenters. The number of esters is 1. The van der Waals surface area contributed by atoms with E-state index >= 15 is 0 Å². The van der Waals surface area contributed by atoms with E-state index in [-0.39, 0.29) is 11.0 Å². The molecule has 0 heterocycles. The van der Waals surface area contributed by atoms with Gasteiger partial charge < -0.3 is 9.16 Å². The molecule has 0 saturated heterocycles. The molecule has 3 rings (SSSR count). The van der Waals surface area contributed by atoms with Gasteiger partial charge >= 0.3 is 5.97 Å². The van der Waals surface area contributed by atoms with Gasteiger partial charge in [0.1, 0.15) is 5.41 Å². The number of methoxy groups -OCH3 is 1. The fourth-order valence-electron chi connectivity index (χ4n) is 4.18. The number of hydrogen-bond donors (Lipinski definition) is 0. The van der Waals surface area contributed by atoms with E-state index < -0.39 is 19.3 Å². The number of carbonyl (C=O) groups is 1. The zero-order valence-corrected chi connectivity index (χ0v) is 20.1. The van der Waals surface area contributed by atoms with Crippen LogP contribution in [0.25, 0.3) is 6.08 Å². The summed E-state index contributed by atoms with van der Waals surface area (Å²) in [6.07, 6.45) is 3.03. The summed E-state index contributed by atoms with van der Waals surface area (Å²) < 4.78 is 12.5. The van der Waals surface area contributed by atoms with E-state index in [0.29, 0.717) is 12.8 Å². The third kappa shape index (κ3) is 3.67. The van der Waals surface area contributed by atoms with Crippen LogP contribution in [0.3, 0.4) is 0 Å². The molecule has 1 saturated carbocycles. The first-order chi connectivity index (χ1) is 14.0. The average molecular weight is 423 g/mol. The van der Waals surface area contributed by atoms with E-state index in [0.717, 1.165) is 16.7 Å². The summed E-state index contributed by atoms with van der Waals surface area (Å²) in [6.45, 7) is 15.1. The molecule has 0 spiro atoms. The standard InChI is InChI=1S/C26H34O3Si/c1-8-20-14-12-13-15-21(20)18-25(23(27)28-5)19-26(25,22-16-10-9-11-17-22)29-30(6,7)24(2,3)4/h8-17H,1,18-19H2,2-7H3/t25-,26-/m1/s1. The lowest BCUT2D eigenvalue weighted by Gasteiger charge is -2.41. The molecule has 0 bridgehead atoms. The minimum Gasteiger partial charge on any atom is -0.468 e. The lowest BCUT2D eigenvalue weighted by molar-refractivity contribution is -0.150. The summed E-state index contributed by atoms with van der Waals surface area (Å²) in [5.74, 6) is -0.205. The van der Waals surface area contributed by atoms with Crippen molar-refractivity contribution in [2.75, 3.05) is 7.11 Å². The summed E-state index contributed by atoms with van der Waals surface area (Å²) in [4.78, 5) is 13.3. The van der Waals surface area contributed by atoms with Gasteiger partial charge in [0, 0.05) is 6.42 Å². The summed E-state index contributed by atoms with van der Waals surface area (Å²) in [6, 6.07) is 18.3. The predicted molar refractivity (Wildman–Crippen MR) is 126 cm³/mol. The fraction of sp³-hybridized carbons (Fsp3) is 0.423. The molecule has 0 radical (unpaired) electrons. The molecule has 0 N–H and O–H groups in total. The van der Waals surface area contributed by atoms with Crippen LogP contribution in [0, 0.1) is 5.41 Å². The molecule has 30 heavy (non-hydrogen) atoms. The zero-order valence-electron chi connectivity index (χ0n) is 19.1. The maximum atomic E-state index is 13.3. The van der Waals surface area contributed by atoms with Crippen LogP contribution in [0.15, 0.2) is 61.2 Å².